The number of aliphatic hydroxyl groups is 1. The van der Waals surface area contributed by atoms with Gasteiger partial charge in [0.25, 0.3) is 0 Å². The first-order valence-electron chi connectivity index (χ1n) is 15.3. The summed E-state index contributed by atoms with van der Waals surface area (Å²) in [5.74, 6) is -0.0232. The number of carbonyl (C=O) groups excluding carboxylic acids is 2. The Labute approximate surface area is 234 Å². The zero-order valence-corrected chi connectivity index (χ0v) is 25.6. The van der Waals surface area contributed by atoms with Crippen molar-refractivity contribution in [2.75, 3.05) is 7.11 Å². The quantitative estimate of drug-likeness (QED) is 0.262. The predicted molar refractivity (Wildman–Crippen MR) is 147 cm³/mol. The van der Waals surface area contributed by atoms with Crippen molar-refractivity contribution >= 4 is 11.9 Å². The summed E-state index contributed by atoms with van der Waals surface area (Å²) < 4.78 is 18.3. The van der Waals surface area contributed by atoms with Crippen LogP contribution in [0.4, 0.5) is 0 Å². The lowest BCUT2D eigenvalue weighted by Crippen LogP contribution is -2.71. The van der Waals surface area contributed by atoms with Gasteiger partial charge in [-0.15, -0.1) is 0 Å². The highest BCUT2D eigenvalue weighted by molar-refractivity contribution is 5.78. The minimum absolute atomic E-state index is 0.00287. The van der Waals surface area contributed by atoms with Crippen molar-refractivity contribution < 1.29 is 28.9 Å². The van der Waals surface area contributed by atoms with Crippen molar-refractivity contribution in [3.05, 3.63) is 11.6 Å². The summed E-state index contributed by atoms with van der Waals surface area (Å²) in [6, 6.07) is 0. The summed E-state index contributed by atoms with van der Waals surface area (Å²) in [5, 5.41) is 12.4. The number of hydrogen-bond acceptors (Lipinski definition) is 6. The van der Waals surface area contributed by atoms with Crippen LogP contribution in [0.1, 0.15) is 107 Å². The summed E-state index contributed by atoms with van der Waals surface area (Å²) in [7, 11) is 1.51. The molecular formula is C33H50O6. The van der Waals surface area contributed by atoms with Crippen LogP contribution < -0.4 is 0 Å². The average molecular weight is 543 g/mol. The topological polar surface area (TPSA) is 85.4 Å². The van der Waals surface area contributed by atoms with E-state index < -0.39 is 22.5 Å². The van der Waals surface area contributed by atoms with Crippen molar-refractivity contribution in [3.63, 3.8) is 0 Å². The van der Waals surface area contributed by atoms with Gasteiger partial charge in [-0.25, -0.2) is 0 Å². The minimum Gasteiger partial charge on any atom is -0.469 e. The second kappa shape index (κ2) is 7.91. The SMILES string of the molecule is COC(=O)[C@@]12CC=C3[C@@](C)([C@H](O)[C@H]4O[C@@]45[C@@]3(C)CC[C@H]3C(C)(C)[C@@H](OC(C)=O)CC[C@@]35C)[C@@H]1CC(C)(C)CC2. The molecule has 6 nitrogen and oxygen atoms in total. The monoisotopic (exact) mass is 542 g/mol. The van der Waals surface area contributed by atoms with Crippen LogP contribution >= 0.6 is 0 Å². The van der Waals surface area contributed by atoms with E-state index in [0.717, 1.165) is 44.9 Å². The molecule has 0 amide bonds. The smallest absolute Gasteiger partial charge is 0.312 e. The highest BCUT2D eigenvalue weighted by Gasteiger charge is 2.87. The Kier molecular flexibility index (Phi) is 5.63. The molecule has 0 aromatic carbocycles. The number of carbonyl (C=O) groups is 2. The summed E-state index contributed by atoms with van der Waals surface area (Å²) in [6.45, 7) is 17.7. The maximum Gasteiger partial charge on any atom is 0.312 e. The number of fused-ring (bicyclic) bond motifs is 5. The largest absolute Gasteiger partial charge is 0.469 e. The fourth-order valence-electron chi connectivity index (χ4n) is 11.8. The maximum atomic E-state index is 13.5. The molecule has 1 spiro atoms. The van der Waals surface area contributed by atoms with E-state index >= 15 is 0 Å². The molecule has 0 aromatic heterocycles. The van der Waals surface area contributed by atoms with Crippen LogP contribution in [0, 0.1) is 44.3 Å². The molecule has 5 aliphatic carbocycles. The van der Waals surface area contributed by atoms with Crippen LogP contribution in [0.15, 0.2) is 11.6 Å². The molecule has 1 aliphatic heterocycles. The van der Waals surface area contributed by atoms with Gasteiger partial charge in [0.2, 0.25) is 0 Å². The molecule has 0 aromatic rings. The van der Waals surface area contributed by atoms with E-state index in [-0.39, 0.29) is 51.7 Å². The highest BCUT2D eigenvalue weighted by atomic mass is 16.6. The van der Waals surface area contributed by atoms with Gasteiger partial charge in [-0.3, -0.25) is 9.59 Å². The first-order valence-corrected chi connectivity index (χ1v) is 15.3. The normalized spacial score (nSPS) is 52.5. The lowest BCUT2D eigenvalue weighted by molar-refractivity contribution is -0.205. The summed E-state index contributed by atoms with van der Waals surface area (Å²) in [6.07, 6.45) is 8.32. The molecule has 4 saturated carbocycles. The van der Waals surface area contributed by atoms with Crippen LogP contribution in [0.25, 0.3) is 0 Å². The number of epoxide rings is 1. The van der Waals surface area contributed by atoms with Crippen molar-refractivity contribution in [1.82, 2.24) is 0 Å². The third-order valence-electron chi connectivity index (χ3n) is 13.7. The van der Waals surface area contributed by atoms with Crippen molar-refractivity contribution in [1.29, 1.82) is 0 Å². The summed E-state index contributed by atoms with van der Waals surface area (Å²) in [4.78, 5) is 25.5. The molecule has 6 aliphatic rings. The third kappa shape index (κ3) is 3.06. The van der Waals surface area contributed by atoms with Gasteiger partial charge >= 0.3 is 11.9 Å². The molecule has 1 saturated heterocycles. The maximum absolute atomic E-state index is 13.5. The van der Waals surface area contributed by atoms with Gasteiger partial charge < -0.3 is 19.3 Å². The Morgan fingerprint density at radius 1 is 0.974 bits per heavy atom. The number of ether oxygens (including phenoxy) is 3. The van der Waals surface area contributed by atoms with E-state index in [1.54, 1.807) is 0 Å². The van der Waals surface area contributed by atoms with Gasteiger partial charge in [0.1, 0.15) is 17.8 Å². The van der Waals surface area contributed by atoms with Crippen LogP contribution in [-0.4, -0.2) is 48.1 Å². The van der Waals surface area contributed by atoms with Gasteiger partial charge in [-0.1, -0.05) is 60.1 Å². The lowest BCUT2D eigenvalue weighted by Gasteiger charge is -2.69. The Hall–Kier alpha value is -1.40. The first-order chi connectivity index (χ1) is 18.0. The molecule has 39 heavy (non-hydrogen) atoms. The van der Waals surface area contributed by atoms with Gasteiger partial charge in [-0.05, 0) is 68.6 Å². The average Bonchev–Trinajstić information content (AvgIpc) is 3.62. The number of methoxy groups -OCH3 is 1. The Balaban J connectivity index is 1.47. The zero-order chi connectivity index (χ0) is 28.6. The zero-order valence-electron chi connectivity index (χ0n) is 25.6. The van der Waals surface area contributed by atoms with Crippen molar-refractivity contribution in [2.24, 2.45) is 44.3 Å². The van der Waals surface area contributed by atoms with E-state index in [0.29, 0.717) is 12.3 Å². The first kappa shape index (κ1) is 27.8. The molecule has 0 bridgehead atoms. The second-order valence-electron chi connectivity index (χ2n) is 16.2. The Morgan fingerprint density at radius 2 is 1.67 bits per heavy atom. The van der Waals surface area contributed by atoms with Crippen LogP contribution in [0.3, 0.4) is 0 Å². The van der Waals surface area contributed by atoms with E-state index in [1.807, 2.05) is 0 Å². The fraction of sp³-hybridized carbons (Fsp3) is 0.879. The molecule has 0 unspecified atom stereocenters. The van der Waals surface area contributed by atoms with Gasteiger partial charge in [-0.2, -0.15) is 0 Å². The number of rotatable bonds is 2. The molecule has 0 radical (unpaired) electrons. The molecule has 1 heterocycles. The standard InChI is InChI=1S/C33H50O6/c1-19(34)38-23-12-14-29(6)20(28(23,4)5)10-13-30(7)21-11-15-32(26(36)37-9)17-16-27(2,3)18-22(32)31(21,8)24(35)25-33(29,30)39-25/h11,20,22-25,35H,10,12-18H2,1-9H3/t20-,22-,23-,24+,25+,29-,30-,31+,32+,33-/m0/s1. The molecular weight excluding hydrogens is 492 g/mol. The fourth-order valence-corrected chi connectivity index (χ4v) is 11.8. The minimum atomic E-state index is -0.690. The lowest BCUT2D eigenvalue weighted by atomic mass is 9.34. The van der Waals surface area contributed by atoms with E-state index in [9.17, 15) is 14.7 Å². The number of hydrogen-bond donors (Lipinski definition) is 1. The van der Waals surface area contributed by atoms with Crippen LogP contribution in [0.5, 0.6) is 0 Å². The summed E-state index contributed by atoms with van der Waals surface area (Å²) >= 11 is 0. The molecule has 5 fully saturated rings. The molecule has 218 valence electrons. The number of esters is 2. The molecule has 10 atom stereocenters. The van der Waals surface area contributed by atoms with Crippen LogP contribution in [0.2, 0.25) is 0 Å². The van der Waals surface area contributed by atoms with E-state index in [4.69, 9.17) is 14.2 Å². The second-order valence-corrected chi connectivity index (χ2v) is 16.2. The molecule has 6 heteroatoms. The van der Waals surface area contributed by atoms with Crippen molar-refractivity contribution in [3.8, 4) is 0 Å². The van der Waals surface area contributed by atoms with Gasteiger partial charge in [0.15, 0.2) is 0 Å². The van der Waals surface area contributed by atoms with Crippen molar-refractivity contribution in [2.45, 2.75) is 131 Å². The van der Waals surface area contributed by atoms with E-state index in [2.05, 4.69) is 54.5 Å². The van der Waals surface area contributed by atoms with Crippen LogP contribution in [-0.2, 0) is 23.8 Å². The van der Waals surface area contributed by atoms with Gasteiger partial charge in [0, 0.05) is 28.6 Å². The summed E-state index contributed by atoms with van der Waals surface area (Å²) in [5.41, 5.74) is -0.778. The van der Waals surface area contributed by atoms with Gasteiger partial charge in [0.05, 0.1) is 18.6 Å². The number of allylic oxidation sites excluding steroid dienone is 1. The number of aliphatic hydroxyl groups excluding tert-OH is 1. The molecule has 6 rings (SSSR count). The Morgan fingerprint density at radius 3 is 2.31 bits per heavy atom. The Bertz CT molecular complexity index is 1140. The predicted octanol–water partition coefficient (Wildman–Crippen LogP) is 5.99. The van der Waals surface area contributed by atoms with E-state index in [1.165, 1.54) is 19.6 Å². The highest BCUT2D eigenvalue weighted by Crippen LogP contribution is 2.82. The molecule has 1 N–H and O–H groups in total. The third-order valence-corrected chi connectivity index (χ3v) is 13.7.